The second-order valence-electron chi connectivity index (χ2n) is 5.97. The van der Waals surface area contributed by atoms with Gasteiger partial charge in [-0.15, -0.1) is 0 Å². The van der Waals surface area contributed by atoms with Crippen molar-refractivity contribution in [1.82, 2.24) is 0 Å². The van der Waals surface area contributed by atoms with E-state index in [9.17, 15) is 28.5 Å². The highest BCUT2D eigenvalue weighted by Crippen LogP contribution is 2.31. The number of alkyl halides is 2. The molecule has 0 aliphatic heterocycles. The summed E-state index contributed by atoms with van der Waals surface area (Å²) in [5.41, 5.74) is 0.595. The van der Waals surface area contributed by atoms with E-state index in [1.165, 1.54) is 48.5 Å². The Morgan fingerprint density at radius 3 is 2.48 bits per heavy atom. The number of furan rings is 1. The van der Waals surface area contributed by atoms with E-state index in [1.54, 1.807) is 12.1 Å². The quantitative estimate of drug-likeness (QED) is 0.224. The van der Waals surface area contributed by atoms with Gasteiger partial charge in [-0.25, -0.2) is 4.79 Å². The van der Waals surface area contributed by atoms with Crippen molar-refractivity contribution in [2.45, 2.75) is 10.7 Å². The number of nitro groups is 1. The zero-order valence-electron chi connectivity index (χ0n) is 15.6. The molecule has 0 unspecified atom stereocenters. The van der Waals surface area contributed by atoms with Crippen LogP contribution < -0.4 is 5.32 Å². The average molecular weight is 448 g/mol. The highest BCUT2D eigenvalue weighted by atomic mass is 32.2. The zero-order valence-corrected chi connectivity index (χ0v) is 16.4. The number of halogens is 2. The minimum atomic E-state index is -2.65. The molecule has 1 amide bonds. The standard InChI is InChI=1S/C20H14F2N2O6S/c21-20(22)31-17-4-2-1-3-14(17)23-18(25)11-29-19(26)16-10-9-15(30-16)12-5-7-13(8-6-12)24(27)28/h1-10,20H,11H2,(H,23,25). The molecule has 31 heavy (non-hydrogen) atoms. The molecule has 0 atom stereocenters. The highest BCUT2D eigenvalue weighted by Gasteiger charge is 2.17. The lowest BCUT2D eigenvalue weighted by Crippen LogP contribution is -2.21. The first-order valence-corrected chi connectivity index (χ1v) is 9.57. The molecule has 0 aliphatic rings. The molecule has 160 valence electrons. The van der Waals surface area contributed by atoms with Gasteiger partial charge in [-0.2, -0.15) is 8.78 Å². The third kappa shape index (κ3) is 5.89. The minimum Gasteiger partial charge on any atom is -0.450 e. The number of esters is 1. The summed E-state index contributed by atoms with van der Waals surface area (Å²) in [6.45, 7) is -0.653. The normalized spacial score (nSPS) is 10.7. The summed E-state index contributed by atoms with van der Waals surface area (Å²) in [5, 5.41) is 13.1. The number of amides is 1. The lowest BCUT2D eigenvalue weighted by molar-refractivity contribution is -0.384. The van der Waals surface area contributed by atoms with Crippen LogP contribution in [0.3, 0.4) is 0 Å². The zero-order chi connectivity index (χ0) is 22.4. The molecular formula is C20H14F2N2O6S. The number of thioether (sulfide) groups is 1. The van der Waals surface area contributed by atoms with Crippen molar-refractivity contribution in [3.05, 3.63) is 76.5 Å². The number of non-ortho nitro benzene ring substituents is 1. The van der Waals surface area contributed by atoms with Crippen molar-refractivity contribution >= 4 is 35.0 Å². The Morgan fingerprint density at radius 2 is 1.81 bits per heavy atom. The Kier molecular flexibility index (Phi) is 6.98. The van der Waals surface area contributed by atoms with Crippen LogP contribution in [0.4, 0.5) is 20.2 Å². The van der Waals surface area contributed by atoms with Gasteiger partial charge in [0, 0.05) is 22.6 Å². The van der Waals surface area contributed by atoms with Crippen LogP contribution in [0.25, 0.3) is 11.3 Å². The summed E-state index contributed by atoms with van der Waals surface area (Å²) in [6.07, 6.45) is 0. The highest BCUT2D eigenvalue weighted by molar-refractivity contribution is 7.99. The van der Waals surface area contributed by atoms with Gasteiger partial charge in [-0.05, 0) is 36.4 Å². The van der Waals surface area contributed by atoms with Crippen LogP contribution in [-0.4, -0.2) is 29.2 Å². The van der Waals surface area contributed by atoms with Crippen molar-refractivity contribution in [3.63, 3.8) is 0 Å². The van der Waals surface area contributed by atoms with Crippen molar-refractivity contribution < 1.29 is 32.4 Å². The summed E-state index contributed by atoms with van der Waals surface area (Å²) in [7, 11) is 0. The van der Waals surface area contributed by atoms with Crippen LogP contribution in [0, 0.1) is 10.1 Å². The van der Waals surface area contributed by atoms with Gasteiger partial charge in [0.2, 0.25) is 5.76 Å². The van der Waals surface area contributed by atoms with E-state index in [2.05, 4.69) is 5.32 Å². The van der Waals surface area contributed by atoms with Gasteiger partial charge >= 0.3 is 5.97 Å². The van der Waals surface area contributed by atoms with Crippen LogP contribution in [-0.2, 0) is 9.53 Å². The van der Waals surface area contributed by atoms with Gasteiger partial charge in [0.25, 0.3) is 17.4 Å². The molecule has 0 bridgehead atoms. The van der Waals surface area contributed by atoms with Crippen molar-refractivity contribution in [2.24, 2.45) is 0 Å². The predicted octanol–water partition coefficient (Wildman–Crippen LogP) is 4.97. The third-order valence-corrected chi connectivity index (χ3v) is 4.67. The number of para-hydroxylation sites is 1. The van der Waals surface area contributed by atoms with Gasteiger partial charge in [-0.3, -0.25) is 14.9 Å². The molecule has 0 saturated carbocycles. The van der Waals surface area contributed by atoms with Crippen molar-refractivity contribution in [1.29, 1.82) is 0 Å². The van der Waals surface area contributed by atoms with Crippen LogP contribution in [0.1, 0.15) is 10.6 Å². The Bertz CT molecular complexity index is 1100. The Balaban J connectivity index is 1.58. The summed E-state index contributed by atoms with van der Waals surface area (Å²) in [4.78, 5) is 34.5. The van der Waals surface area contributed by atoms with Gasteiger partial charge < -0.3 is 14.5 Å². The molecule has 3 aromatic rings. The Hall–Kier alpha value is -3.73. The maximum absolute atomic E-state index is 12.6. The van der Waals surface area contributed by atoms with Crippen molar-refractivity contribution in [2.75, 3.05) is 11.9 Å². The molecule has 0 saturated heterocycles. The first-order valence-electron chi connectivity index (χ1n) is 8.69. The van der Waals surface area contributed by atoms with E-state index in [-0.39, 0.29) is 39.6 Å². The second kappa shape index (κ2) is 9.85. The van der Waals surface area contributed by atoms with E-state index in [0.29, 0.717) is 5.56 Å². The summed E-state index contributed by atoms with van der Waals surface area (Å²) >= 11 is 0.283. The van der Waals surface area contributed by atoms with Gasteiger partial charge in [0.1, 0.15) is 5.76 Å². The molecule has 2 aromatic carbocycles. The summed E-state index contributed by atoms with van der Waals surface area (Å²) in [6, 6.07) is 14.4. The minimum absolute atomic E-state index is 0.0884. The SMILES string of the molecule is O=C(COC(=O)c1ccc(-c2ccc([N+](=O)[O-])cc2)o1)Nc1ccccc1SC(F)F. The molecular weight excluding hydrogens is 434 g/mol. The number of rotatable bonds is 8. The molecule has 3 rings (SSSR count). The fourth-order valence-corrected chi connectivity index (χ4v) is 3.10. The topological polar surface area (TPSA) is 112 Å². The largest absolute Gasteiger partial charge is 0.450 e. The number of anilines is 1. The smallest absolute Gasteiger partial charge is 0.374 e. The monoisotopic (exact) mass is 448 g/mol. The van der Waals surface area contributed by atoms with E-state index in [4.69, 9.17) is 9.15 Å². The molecule has 0 spiro atoms. The maximum Gasteiger partial charge on any atom is 0.374 e. The molecule has 11 heteroatoms. The molecule has 8 nitrogen and oxygen atoms in total. The average Bonchev–Trinajstić information content (AvgIpc) is 3.23. The molecule has 0 radical (unpaired) electrons. The molecule has 1 N–H and O–H groups in total. The Labute approximate surface area is 178 Å². The van der Waals surface area contributed by atoms with E-state index in [1.807, 2.05) is 0 Å². The number of hydrogen-bond donors (Lipinski definition) is 1. The van der Waals surface area contributed by atoms with Crippen LogP contribution in [0.15, 0.2) is 70.0 Å². The van der Waals surface area contributed by atoms with E-state index >= 15 is 0 Å². The van der Waals surface area contributed by atoms with Crippen LogP contribution in [0.2, 0.25) is 0 Å². The molecule has 1 aromatic heterocycles. The number of carbonyl (C=O) groups is 2. The third-order valence-electron chi connectivity index (χ3n) is 3.88. The number of ether oxygens (including phenoxy) is 1. The second-order valence-corrected chi connectivity index (χ2v) is 7.00. The first-order chi connectivity index (χ1) is 14.8. The first kappa shape index (κ1) is 22.0. The fourth-order valence-electron chi connectivity index (χ4n) is 2.51. The number of hydrogen-bond acceptors (Lipinski definition) is 7. The maximum atomic E-state index is 12.6. The van der Waals surface area contributed by atoms with Gasteiger partial charge in [0.15, 0.2) is 6.61 Å². The molecule has 0 aliphatic carbocycles. The van der Waals surface area contributed by atoms with Gasteiger partial charge in [0.05, 0.1) is 10.6 Å². The summed E-state index contributed by atoms with van der Waals surface area (Å²) in [5.74, 6) is -4.16. The molecule has 0 fully saturated rings. The number of benzene rings is 2. The van der Waals surface area contributed by atoms with E-state index < -0.39 is 29.2 Å². The number of nitro benzene ring substituents is 1. The Morgan fingerprint density at radius 1 is 1.10 bits per heavy atom. The van der Waals surface area contributed by atoms with Crippen LogP contribution >= 0.6 is 11.8 Å². The number of nitrogens with one attached hydrogen (secondary N) is 1. The number of carbonyl (C=O) groups excluding carboxylic acids is 2. The van der Waals surface area contributed by atoms with E-state index in [0.717, 1.165) is 0 Å². The summed E-state index contributed by atoms with van der Waals surface area (Å²) < 4.78 is 35.5. The lowest BCUT2D eigenvalue weighted by atomic mass is 10.1. The van der Waals surface area contributed by atoms with Gasteiger partial charge in [-0.1, -0.05) is 23.9 Å². The fraction of sp³-hybridized carbons (Fsp3) is 0.100. The van der Waals surface area contributed by atoms with Crippen molar-refractivity contribution in [3.8, 4) is 11.3 Å². The predicted molar refractivity (Wildman–Crippen MR) is 108 cm³/mol. The number of nitrogens with zero attached hydrogens (tertiary/aromatic N) is 1. The molecule has 1 heterocycles. The van der Waals surface area contributed by atoms with Crippen LogP contribution in [0.5, 0.6) is 0 Å². The lowest BCUT2D eigenvalue weighted by Gasteiger charge is -2.10.